The van der Waals surface area contributed by atoms with E-state index in [0.717, 1.165) is 16.7 Å². The molecule has 0 aromatic heterocycles. The number of azide groups is 1. The van der Waals surface area contributed by atoms with Crippen LogP contribution in [0.15, 0.2) is 138 Å². The van der Waals surface area contributed by atoms with Crippen LogP contribution in [0.1, 0.15) is 34.2 Å². The molecule has 0 radical (unpaired) electrons. The third kappa shape index (κ3) is 9.94. The summed E-state index contributed by atoms with van der Waals surface area (Å²) in [5.74, 6) is 1.91. The van der Waals surface area contributed by atoms with E-state index in [-0.39, 0.29) is 25.5 Å². The summed E-state index contributed by atoms with van der Waals surface area (Å²) in [6.07, 6.45) is 1.21. The number of aliphatic imine (C=N–C) groups is 1. The van der Waals surface area contributed by atoms with E-state index in [1.54, 1.807) is 24.3 Å². The predicted octanol–water partition coefficient (Wildman–Crippen LogP) is 7.66. The molecule has 1 aliphatic rings. The van der Waals surface area contributed by atoms with Crippen LogP contribution in [-0.2, 0) is 35.6 Å². The van der Waals surface area contributed by atoms with E-state index in [0.29, 0.717) is 79.2 Å². The number of nitrogens with zero attached hydrogens (tertiary/aromatic N) is 4. The third-order valence-electron chi connectivity index (χ3n) is 8.67. The van der Waals surface area contributed by atoms with Crippen LogP contribution >= 0.6 is 0 Å². The average Bonchev–Trinajstić information content (AvgIpc) is 3.64. The van der Waals surface area contributed by atoms with Gasteiger partial charge in [0.25, 0.3) is 5.91 Å². The predicted molar refractivity (Wildman–Crippen MR) is 203 cm³/mol. The molecular weight excluding hydrogens is 670 g/mol. The number of hydrogen-bond acceptors (Lipinski definition) is 8. The van der Waals surface area contributed by atoms with Gasteiger partial charge in [-0.3, -0.25) is 4.79 Å². The van der Waals surface area contributed by atoms with Gasteiger partial charge in [-0.05, 0) is 70.6 Å². The highest BCUT2D eigenvalue weighted by Gasteiger charge is 2.44. The summed E-state index contributed by atoms with van der Waals surface area (Å²) < 4.78 is 24.2. The normalized spacial score (nSPS) is 14.7. The Morgan fingerprint density at radius 1 is 0.830 bits per heavy atom. The smallest absolute Gasteiger partial charge is 0.251 e. The standard InChI is InChI=1S/C42H41N5O6/c43-47-46-37-15-8-7-14-35(37)27-42(30-53-40(45-42)34-17-19-36(20-18-34)50-25-9-24-48)41(49)44-23-22-31-16-21-38(51-28-32-10-3-1-4-11-32)39(26-31)52-29-33-12-5-2-6-13-33/h1-8,10-21,26,48H,9,22-25,27-30H2,(H,44,49)/t42-/m1/s1. The first-order valence-electron chi connectivity index (χ1n) is 17.5. The van der Waals surface area contributed by atoms with Crippen LogP contribution in [0.25, 0.3) is 10.4 Å². The van der Waals surface area contributed by atoms with Gasteiger partial charge in [-0.1, -0.05) is 96.1 Å². The number of benzene rings is 5. The van der Waals surface area contributed by atoms with Crippen LogP contribution in [0, 0.1) is 0 Å². The first-order valence-corrected chi connectivity index (χ1v) is 17.5. The molecule has 11 heteroatoms. The Kier molecular flexibility index (Phi) is 12.6. The molecule has 0 spiro atoms. The number of nitrogens with one attached hydrogen (secondary N) is 1. The Balaban J connectivity index is 1.18. The molecule has 0 fully saturated rings. The van der Waals surface area contributed by atoms with Crippen molar-refractivity contribution in [2.75, 3.05) is 26.4 Å². The molecule has 2 N–H and O–H groups in total. The molecule has 0 saturated carbocycles. The lowest BCUT2D eigenvalue weighted by atomic mass is 9.90. The molecule has 0 bridgehead atoms. The second-order valence-corrected chi connectivity index (χ2v) is 12.5. The van der Waals surface area contributed by atoms with E-state index in [2.05, 4.69) is 15.3 Å². The number of hydrogen-bond donors (Lipinski definition) is 2. The lowest BCUT2D eigenvalue weighted by molar-refractivity contribution is -0.126. The molecule has 1 atom stereocenters. The highest BCUT2D eigenvalue weighted by Crippen LogP contribution is 2.33. The molecule has 5 aromatic carbocycles. The maximum absolute atomic E-state index is 14.1. The van der Waals surface area contributed by atoms with Gasteiger partial charge < -0.3 is 29.4 Å². The average molecular weight is 712 g/mol. The number of carbonyl (C=O) groups excluding carboxylic acids is 1. The fraction of sp³-hybridized carbons (Fsp3) is 0.238. The van der Waals surface area contributed by atoms with Crippen molar-refractivity contribution < 1.29 is 28.8 Å². The molecule has 6 rings (SSSR count). The zero-order chi connectivity index (χ0) is 36.7. The van der Waals surface area contributed by atoms with E-state index < -0.39 is 5.54 Å². The lowest BCUT2D eigenvalue weighted by Crippen LogP contribution is -2.49. The largest absolute Gasteiger partial charge is 0.494 e. The van der Waals surface area contributed by atoms with Gasteiger partial charge in [0, 0.05) is 42.2 Å². The van der Waals surface area contributed by atoms with E-state index >= 15 is 0 Å². The van der Waals surface area contributed by atoms with Gasteiger partial charge >= 0.3 is 0 Å². The third-order valence-corrected chi connectivity index (χ3v) is 8.67. The van der Waals surface area contributed by atoms with Crippen LogP contribution < -0.4 is 19.5 Å². The van der Waals surface area contributed by atoms with Crippen molar-refractivity contribution in [3.8, 4) is 17.2 Å². The van der Waals surface area contributed by atoms with Gasteiger partial charge in [0.15, 0.2) is 17.0 Å². The maximum Gasteiger partial charge on any atom is 0.251 e. The molecule has 1 aliphatic heterocycles. The molecular formula is C42H41N5O6. The van der Waals surface area contributed by atoms with E-state index in [1.807, 2.05) is 103 Å². The quantitative estimate of drug-likeness (QED) is 0.0413. The monoisotopic (exact) mass is 711 g/mol. The Morgan fingerprint density at radius 3 is 2.21 bits per heavy atom. The van der Waals surface area contributed by atoms with Crippen molar-refractivity contribution in [1.29, 1.82) is 0 Å². The van der Waals surface area contributed by atoms with E-state index in [9.17, 15) is 10.3 Å². The summed E-state index contributed by atoms with van der Waals surface area (Å²) in [7, 11) is 0. The van der Waals surface area contributed by atoms with E-state index in [4.69, 9.17) is 29.0 Å². The zero-order valence-electron chi connectivity index (χ0n) is 29.3. The summed E-state index contributed by atoms with van der Waals surface area (Å²) >= 11 is 0. The summed E-state index contributed by atoms with van der Waals surface area (Å²) in [4.78, 5) is 22.0. The first-order chi connectivity index (χ1) is 26.0. The van der Waals surface area contributed by atoms with Crippen molar-refractivity contribution in [2.24, 2.45) is 10.1 Å². The van der Waals surface area contributed by atoms with Crippen LogP contribution in [0.5, 0.6) is 17.2 Å². The van der Waals surface area contributed by atoms with Crippen LogP contribution in [-0.4, -0.2) is 48.8 Å². The zero-order valence-corrected chi connectivity index (χ0v) is 29.3. The van der Waals surface area contributed by atoms with Gasteiger partial charge in [0.05, 0.1) is 6.61 Å². The Bertz CT molecular complexity index is 2040. The fourth-order valence-electron chi connectivity index (χ4n) is 5.85. The van der Waals surface area contributed by atoms with Crippen LogP contribution in [0.2, 0.25) is 0 Å². The van der Waals surface area contributed by atoms with Crippen molar-refractivity contribution in [3.05, 3.63) is 166 Å². The molecule has 0 unspecified atom stereocenters. The Labute approximate surface area is 308 Å². The summed E-state index contributed by atoms with van der Waals surface area (Å²) in [5, 5.41) is 16.0. The van der Waals surface area contributed by atoms with Gasteiger partial charge in [-0.15, -0.1) is 0 Å². The molecule has 1 heterocycles. The maximum atomic E-state index is 14.1. The molecule has 0 saturated heterocycles. The molecule has 5 aromatic rings. The van der Waals surface area contributed by atoms with Crippen molar-refractivity contribution in [1.82, 2.24) is 5.32 Å². The summed E-state index contributed by atoms with van der Waals surface area (Å²) in [5.41, 5.74) is 12.7. The summed E-state index contributed by atoms with van der Waals surface area (Å²) in [6, 6.07) is 40.1. The number of aliphatic hydroxyl groups is 1. The van der Waals surface area contributed by atoms with Crippen molar-refractivity contribution in [3.63, 3.8) is 0 Å². The second-order valence-electron chi connectivity index (χ2n) is 12.5. The fourth-order valence-corrected chi connectivity index (χ4v) is 5.85. The molecule has 53 heavy (non-hydrogen) atoms. The number of carbonyl (C=O) groups is 1. The van der Waals surface area contributed by atoms with Gasteiger partial charge in [0.1, 0.15) is 25.6 Å². The number of rotatable bonds is 18. The molecule has 270 valence electrons. The van der Waals surface area contributed by atoms with E-state index in [1.165, 1.54) is 0 Å². The second kappa shape index (κ2) is 18.3. The molecule has 11 nitrogen and oxygen atoms in total. The Hall–Kier alpha value is -6.29. The number of ether oxygens (including phenoxy) is 4. The highest BCUT2D eigenvalue weighted by molar-refractivity contribution is 6.00. The number of amides is 1. The van der Waals surface area contributed by atoms with Gasteiger partial charge in [-0.25, -0.2) is 4.99 Å². The molecule has 0 aliphatic carbocycles. The van der Waals surface area contributed by atoms with Gasteiger partial charge in [0.2, 0.25) is 5.90 Å². The van der Waals surface area contributed by atoms with Crippen LogP contribution in [0.3, 0.4) is 0 Å². The minimum Gasteiger partial charge on any atom is -0.494 e. The van der Waals surface area contributed by atoms with Crippen molar-refractivity contribution >= 4 is 17.5 Å². The first kappa shape index (κ1) is 36.5. The SMILES string of the molecule is [N-]=[N+]=Nc1ccccc1C[C@]1(C(=O)NCCc2ccc(OCc3ccccc3)c(OCc3ccccc3)c2)COC(c2ccc(OCCCO)cc2)=N1. The van der Waals surface area contributed by atoms with Crippen molar-refractivity contribution in [2.45, 2.75) is 38.0 Å². The minimum atomic E-state index is -1.31. The minimum absolute atomic E-state index is 0.00154. The summed E-state index contributed by atoms with van der Waals surface area (Å²) in [6.45, 7) is 1.55. The van der Waals surface area contributed by atoms with Gasteiger partial charge in [-0.2, -0.15) is 0 Å². The molecule has 1 amide bonds. The number of aliphatic hydroxyl groups excluding tert-OH is 1. The topological polar surface area (TPSA) is 147 Å². The lowest BCUT2D eigenvalue weighted by Gasteiger charge is -2.24. The van der Waals surface area contributed by atoms with Crippen LogP contribution in [0.4, 0.5) is 5.69 Å². The highest BCUT2D eigenvalue weighted by atomic mass is 16.5. The Morgan fingerprint density at radius 2 is 1.51 bits per heavy atom.